The fraction of sp³-hybridized carbons (Fsp3) is 0.300. The van der Waals surface area contributed by atoms with E-state index in [4.69, 9.17) is 0 Å². The van der Waals surface area contributed by atoms with Crippen LogP contribution in [-0.4, -0.2) is 19.5 Å². The van der Waals surface area contributed by atoms with E-state index in [1.165, 1.54) is 6.07 Å². The van der Waals surface area contributed by atoms with Crippen LogP contribution >= 0.6 is 15.9 Å². The molecule has 0 bridgehead atoms. The molecule has 1 amide bonds. The van der Waals surface area contributed by atoms with Crippen molar-refractivity contribution in [1.29, 1.82) is 0 Å². The first-order chi connectivity index (χ1) is 7.04. The second-order valence-electron chi connectivity index (χ2n) is 3.11. The van der Waals surface area contributed by atoms with Crippen LogP contribution in [0.15, 0.2) is 16.6 Å². The molecule has 0 radical (unpaired) electrons. The van der Waals surface area contributed by atoms with Gasteiger partial charge in [0.15, 0.2) is 0 Å². The average molecular weight is 275 g/mol. The van der Waals surface area contributed by atoms with Crippen LogP contribution in [0.3, 0.4) is 0 Å². The summed E-state index contributed by atoms with van der Waals surface area (Å²) in [4.78, 5) is 11.0. The van der Waals surface area contributed by atoms with E-state index < -0.39 is 0 Å². The van der Waals surface area contributed by atoms with E-state index >= 15 is 0 Å². The number of hydrogen-bond donors (Lipinski definition) is 2. The third kappa shape index (κ3) is 3.20. The zero-order valence-electron chi connectivity index (χ0n) is 8.53. The van der Waals surface area contributed by atoms with Crippen molar-refractivity contribution in [2.24, 2.45) is 0 Å². The number of carbonyl (C=O) groups excluding carboxylic acids is 1. The average Bonchev–Trinajstić information content (AvgIpc) is 2.21. The lowest BCUT2D eigenvalue weighted by atomic mass is 10.2. The predicted molar refractivity (Wildman–Crippen MR) is 61.4 cm³/mol. The Morgan fingerprint density at radius 3 is 2.80 bits per heavy atom. The monoisotopic (exact) mass is 274 g/mol. The lowest BCUT2D eigenvalue weighted by Gasteiger charge is -2.09. The molecule has 1 rings (SSSR count). The summed E-state index contributed by atoms with van der Waals surface area (Å²) in [5.74, 6) is -0.488. The van der Waals surface area contributed by atoms with Gasteiger partial charge in [0.1, 0.15) is 5.82 Å². The summed E-state index contributed by atoms with van der Waals surface area (Å²) in [6, 6.07) is 3.03. The van der Waals surface area contributed by atoms with Gasteiger partial charge in [-0.1, -0.05) is 0 Å². The molecule has 0 aliphatic heterocycles. The third-order valence-corrected chi connectivity index (χ3v) is 2.59. The Balaban J connectivity index is 2.77. The van der Waals surface area contributed by atoms with Gasteiger partial charge in [0.2, 0.25) is 5.91 Å². The van der Waals surface area contributed by atoms with Crippen LogP contribution in [0.2, 0.25) is 0 Å². The Labute approximate surface area is 96.2 Å². The van der Waals surface area contributed by atoms with Crippen LogP contribution in [0.25, 0.3) is 0 Å². The highest BCUT2D eigenvalue weighted by atomic mass is 79.9. The van der Waals surface area contributed by atoms with Crippen LogP contribution in [0.4, 0.5) is 10.1 Å². The molecule has 2 N–H and O–H groups in total. The minimum Gasteiger partial charge on any atom is -0.376 e. The van der Waals surface area contributed by atoms with Gasteiger partial charge in [0.05, 0.1) is 11.0 Å². The molecule has 0 aromatic heterocycles. The van der Waals surface area contributed by atoms with Crippen LogP contribution in [0.1, 0.15) is 5.56 Å². The molecule has 5 heteroatoms. The van der Waals surface area contributed by atoms with Gasteiger partial charge in [-0.2, -0.15) is 0 Å². The summed E-state index contributed by atoms with van der Waals surface area (Å²) in [5.41, 5.74) is 1.51. The van der Waals surface area contributed by atoms with Gasteiger partial charge in [0.25, 0.3) is 0 Å². The molecule has 3 nitrogen and oxygen atoms in total. The first kappa shape index (κ1) is 12.0. The van der Waals surface area contributed by atoms with E-state index in [-0.39, 0.29) is 18.3 Å². The predicted octanol–water partition coefficient (Wildman–Crippen LogP) is 2.05. The van der Waals surface area contributed by atoms with Crippen molar-refractivity contribution in [2.75, 3.05) is 18.9 Å². The first-order valence-electron chi connectivity index (χ1n) is 4.44. The number of aryl methyl sites for hydroxylation is 1. The molecule has 0 unspecified atom stereocenters. The molecule has 0 aliphatic carbocycles. The van der Waals surface area contributed by atoms with Crippen LogP contribution in [0.5, 0.6) is 0 Å². The van der Waals surface area contributed by atoms with Crippen molar-refractivity contribution >= 4 is 27.5 Å². The topological polar surface area (TPSA) is 41.1 Å². The summed E-state index contributed by atoms with van der Waals surface area (Å²) < 4.78 is 13.6. The summed E-state index contributed by atoms with van der Waals surface area (Å²) in [5, 5.41) is 5.34. The molecular weight excluding hydrogens is 263 g/mol. The molecule has 0 heterocycles. The van der Waals surface area contributed by atoms with Gasteiger partial charge in [-0.05, 0) is 40.5 Å². The number of nitrogens with one attached hydrogen (secondary N) is 2. The maximum atomic E-state index is 13.2. The zero-order valence-corrected chi connectivity index (χ0v) is 10.1. The number of hydrogen-bond acceptors (Lipinski definition) is 2. The Hall–Kier alpha value is -1.10. The van der Waals surface area contributed by atoms with Crippen molar-refractivity contribution < 1.29 is 9.18 Å². The molecule has 0 aliphatic rings. The smallest absolute Gasteiger partial charge is 0.239 e. The molecule has 0 saturated carbocycles. The molecule has 0 atom stereocenters. The number of likely N-dealkylation sites (N-methyl/N-ethyl adjacent to an activating group) is 1. The normalized spacial score (nSPS) is 9.87. The highest BCUT2D eigenvalue weighted by molar-refractivity contribution is 9.10. The Kier molecular flexibility index (Phi) is 4.08. The molecular formula is C10H12BrFN2O. The largest absolute Gasteiger partial charge is 0.376 e. The van der Waals surface area contributed by atoms with Crippen LogP contribution < -0.4 is 10.6 Å². The SMILES string of the molecule is CNC(=O)CNc1cc(F)c(Br)cc1C. The van der Waals surface area contributed by atoms with E-state index in [0.29, 0.717) is 10.2 Å². The maximum Gasteiger partial charge on any atom is 0.239 e. The molecule has 0 fully saturated rings. The minimum absolute atomic E-state index is 0.137. The second-order valence-corrected chi connectivity index (χ2v) is 3.96. The highest BCUT2D eigenvalue weighted by Crippen LogP contribution is 2.23. The van der Waals surface area contributed by atoms with Crippen LogP contribution in [0, 0.1) is 12.7 Å². The van der Waals surface area contributed by atoms with E-state index in [0.717, 1.165) is 5.56 Å². The summed E-state index contributed by atoms with van der Waals surface area (Å²) in [7, 11) is 1.55. The van der Waals surface area contributed by atoms with Crippen molar-refractivity contribution in [2.45, 2.75) is 6.92 Å². The number of amides is 1. The minimum atomic E-state index is -0.347. The number of benzene rings is 1. The number of halogens is 2. The van der Waals surface area contributed by atoms with Crippen LogP contribution in [-0.2, 0) is 4.79 Å². The molecule has 0 saturated heterocycles. The number of rotatable bonds is 3. The summed E-state index contributed by atoms with van der Waals surface area (Å²) in [6.45, 7) is 1.98. The van der Waals surface area contributed by atoms with Gasteiger partial charge < -0.3 is 10.6 Å². The number of carbonyl (C=O) groups is 1. The van der Waals surface area contributed by atoms with E-state index in [9.17, 15) is 9.18 Å². The number of anilines is 1. The van der Waals surface area contributed by atoms with E-state index in [1.807, 2.05) is 6.92 Å². The molecule has 82 valence electrons. The van der Waals surface area contributed by atoms with Crippen molar-refractivity contribution in [3.63, 3.8) is 0 Å². The Bertz CT molecular complexity index is 382. The second kappa shape index (κ2) is 5.11. The lowest BCUT2D eigenvalue weighted by Crippen LogP contribution is -2.26. The van der Waals surface area contributed by atoms with Gasteiger partial charge >= 0.3 is 0 Å². The maximum absolute atomic E-state index is 13.2. The Morgan fingerprint density at radius 2 is 2.20 bits per heavy atom. The van der Waals surface area contributed by atoms with Gasteiger partial charge in [0, 0.05) is 12.7 Å². The van der Waals surface area contributed by atoms with Gasteiger partial charge in [-0.3, -0.25) is 4.79 Å². The fourth-order valence-electron chi connectivity index (χ4n) is 1.10. The van der Waals surface area contributed by atoms with Crippen molar-refractivity contribution in [3.8, 4) is 0 Å². The van der Waals surface area contributed by atoms with E-state index in [2.05, 4.69) is 26.6 Å². The Morgan fingerprint density at radius 1 is 1.53 bits per heavy atom. The van der Waals surface area contributed by atoms with E-state index in [1.54, 1.807) is 13.1 Å². The highest BCUT2D eigenvalue weighted by Gasteiger charge is 2.05. The standard InChI is InChI=1S/C10H12BrFN2O/c1-6-3-7(11)8(12)4-9(6)14-5-10(15)13-2/h3-4,14H,5H2,1-2H3,(H,13,15). The molecule has 1 aromatic rings. The molecule has 15 heavy (non-hydrogen) atoms. The third-order valence-electron chi connectivity index (χ3n) is 1.99. The lowest BCUT2D eigenvalue weighted by molar-refractivity contribution is -0.118. The van der Waals surface area contributed by atoms with Crippen molar-refractivity contribution in [1.82, 2.24) is 5.32 Å². The van der Waals surface area contributed by atoms with Crippen molar-refractivity contribution in [3.05, 3.63) is 28.0 Å². The summed E-state index contributed by atoms with van der Waals surface area (Å²) >= 11 is 3.09. The fourth-order valence-corrected chi connectivity index (χ4v) is 1.56. The quantitative estimate of drug-likeness (QED) is 0.886. The van der Waals surface area contributed by atoms with Gasteiger partial charge in [-0.25, -0.2) is 4.39 Å². The first-order valence-corrected chi connectivity index (χ1v) is 5.24. The zero-order chi connectivity index (χ0) is 11.4. The summed E-state index contributed by atoms with van der Waals surface area (Å²) in [6.07, 6.45) is 0. The molecule has 1 aromatic carbocycles. The van der Waals surface area contributed by atoms with Gasteiger partial charge in [-0.15, -0.1) is 0 Å². The molecule has 0 spiro atoms.